The highest BCUT2D eigenvalue weighted by atomic mass is 32.2. The Morgan fingerprint density at radius 1 is 0.280 bits per heavy atom. The van der Waals surface area contributed by atoms with Gasteiger partial charge in [0, 0.05) is 37.9 Å². The van der Waals surface area contributed by atoms with Crippen LogP contribution in [-0.2, 0) is 10.8 Å². The average Bonchev–Trinajstić information content (AvgIpc) is 4.14. The van der Waals surface area contributed by atoms with E-state index < -0.39 is 10.8 Å². The largest absolute Gasteiger partial charge is 0.457 e. The van der Waals surface area contributed by atoms with E-state index in [0.29, 0.717) is 0 Å². The molecule has 0 fully saturated rings. The minimum atomic E-state index is -0.634. The normalized spacial score (nSPS) is 15.4. The van der Waals surface area contributed by atoms with Crippen LogP contribution in [0.3, 0.4) is 0 Å². The summed E-state index contributed by atoms with van der Waals surface area (Å²) in [5, 5.41) is 2.50. The van der Waals surface area contributed by atoms with Gasteiger partial charge in [-0.25, -0.2) is 0 Å². The van der Waals surface area contributed by atoms with Gasteiger partial charge in [-0.1, -0.05) is 224 Å². The molecule has 0 radical (unpaired) electrons. The Labute approximate surface area is 440 Å². The summed E-state index contributed by atoms with van der Waals surface area (Å²) in [4.78, 5) is 5.12. The van der Waals surface area contributed by atoms with Crippen molar-refractivity contribution in [1.82, 2.24) is 0 Å². The Morgan fingerprint density at radius 3 is 1.37 bits per heavy atom. The lowest BCUT2D eigenvalue weighted by Gasteiger charge is -2.40. The molecular formula is C72H45NOS. The highest BCUT2D eigenvalue weighted by molar-refractivity contribution is 7.99. The van der Waals surface area contributed by atoms with Gasteiger partial charge in [0.05, 0.1) is 16.5 Å². The van der Waals surface area contributed by atoms with Crippen molar-refractivity contribution >= 4 is 39.6 Å². The molecule has 2 heterocycles. The van der Waals surface area contributed by atoms with Gasteiger partial charge >= 0.3 is 0 Å². The Bertz CT molecular complexity index is 4280. The van der Waals surface area contributed by atoms with Gasteiger partial charge in [0.1, 0.15) is 11.5 Å². The second-order valence-electron chi connectivity index (χ2n) is 20.2. The Hall–Kier alpha value is -9.15. The van der Waals surface area contributed by atoms with E-state index in [1.807, 2.05) is 11.8 Å². The maximum Gasteiger partial charge on any atom is 0.132 e. The maximum atomic E-state index is 6.80. The molecule has 2 aliphatic heterocycles. The van der Waals surface area contributed by atoms with E-state index in [4.69, 9.17) is 4.74 Å². The predicted molar refractivity (Wildman–Crippen MR) is 308 cm³/mol. The smallest absolute Gasteiger partial charge is 0.132 e. The zero-order valence-corrected chi connectivity index (χ0v) is 41.6. The Balaban J connectivity index is 0.980. The molecule has 0 saturated heterocycles. The zero-order chi connectivity index (χ0) is 49.2. The van der Waals surface area contributed by atoms with Crippen LogP contribution in [0, 0.1) is 0 Å². The third-order valence-electron chi connectivity index (χ3n) is 16.6. The number of benzene rings is 12. The first kappa shape index (κ1) is 42.4. The summed E-state index contributed by atoms with van der Waals surface area (Å²) >= 11 is 1.90. The highest BCUT2D eigenvalue weighted by Gasteiger charge is 2.53. The second kappa shape index (κ2) is 16.2. The van der Waals surface area contributed by atoms with E-state index in [0.717, 1.165) is 50.8 Å². The molecule has 1 atom stereocenters. The van der Waals surface area contributed by atoms with Gasteiger partial charge in [-0.3, -0.25) is 0 Å². The average molecular weight is 972 g/mol. The van der Waals surface area contributed by atoms with E-state index in [2.05, 4.69) is 278 Å². The first-order chi connectivity index (χ1) is 37.2. The molecule has 1 unspecified atom stereocenters. The minimum Gasteiger partial charge on any atom is -0.457 e. The van der Waals surface area contributed by atoms with Crippen LogP contribution in [0.25, 0.3) is 55.3 Å². The summed E-state index contributed by atoms with van der Waals surface area (Å²) in [6.45, 7) is 0. The molecule has 2 spiro atoms. The third-order valence-corrected chi connectivity index (χ3v) is 17.7. The number of ether oxygens (including phenoxy) is 1. The van der Waals surface area contributed by atoms with Crippen molar-refractivity contribution in [3.63, 3.8) is 0 Å². The molecule has 2 aliphatic carbocycles. The standard InChI is InChI=1S/C72H45NOS/c1-2-18-46(19-3-1)47-34-36-48(37-35-47)53-22-8-14-30-66(53)73(51-38-40-56-54-23-6-9-25-58(54)71(63(56)44-51)60-27-11-15-31-67(60)74-68-32-16-12-28-61(68)71)52-39-41-57-55-24-7-10-26-59(55)72(64(57)45-52)62-29-13-17-33-69(62)75-70-43-50-21-5-4-20-49(50)42-65(70)72/h1-45H. The molecule has 4 aliphatic rings. The van der Waals surface area contributed by atoms with E-state index in [1.54, 1.807) is 0 Å². The summed E-state index contributed by atoms with van der Waals surface area (Å²) in [6.07, 6.45) is 0. The zero-order valence-electron chi connectivity index (χ0n) is 40.7. The van der Waals surface area contributed by atoms with Crippen LogP contribution >= 0.6 is 11.8 Å². The van der Waals surface area contributed by atoms with Crippen molar-refractivity contribution in [2.75, 3.05) is 4.90 Å². The molecule has 0 amide bonds. The number of fused-ring (bicyclic) bond motifs is 19. The van der Waals surface area contributed by atoms with Crippen molar-refractivity contribution in [2.45, 2.75) is 20.6 Å². The lowest BCUT2D eigenvalue weighted by molar-refractivity contribution is 0.436. The maximum absolute atomic E-state index is 6.80. The Morgan fingerprint density at radius 2 is 0.733 bits per heavy atom. The molecule has 350 valence electrons. The number of para-hydroxylation sites is 3. The molecule has 2 nitrogen and oxygen atoms in total. The monoisotopic (exact) mass is 971 g/mol. The molecule has 0 aromatic heterocycles. The molecule has 75 heavy (non-hydrogen) atoms. The predicted octanol–water partition coefficient (Wildman–Crippen LogP) is 18.9. The van der Waals surface area contributed by atoms with E-state index in [9.17, 15) is 0 Å². The topological polar surface area (TPSA) is 12.5 Å². The molecule has 3 heteroatoms. The quantitative estimate of drug-likeness (QED) is 0.171. The lowest BCUT2D eigenvalue weighted by Crippen LogP contribution is -2.32. The fourth-order valence-corrected chi connectivity index (χ4v) is 14.7. The molecule has 0 N–H and O–H groups in total. The summed E-state index contributed by atoms with van der Waals surface area (Å²) in [6, 6.07) is 102. The van der Waals surface area contributed by atoms with Gasteiger partial charge in [-0.2, -0.15) is 0 Å². The van der Waals surface area contributed by atoms with Crippen LogP contribution in [0.1, 0.15) is 44.5 Å². The minimum absolute atomic E-state index is 0.583. The molecule has 12 aromatic carbocycles. The van der Waals surface area contributed by atoms with E-state index in [1.165, 1.54) is 87.3 Å². The van der Waals surface area contributed by atoms with Crippen molar-refractivity contribution in [3.8, 4) is 56.0 Å². The number of rotatable bonds is 5. The van der Waals surface area contributed by atoms with Gasteiger partial charge < -0.3 is 9.64 Å². The lowest BCUT2D eigenvalue weighted by atomic mass is 9.66. The van der Waals surface area contributed by atoms with Crippen molar-refractivity contribution in [3.05, 3.63) is 317 Å². The number of hydrogen-bond donors (Lipinski definition) is 0. The van der Waals surface area contributed by atoms with E-state index >= 15 is 0 Å². The van der Waals surface area contributed by atoms with Crippen LogP contribution in [0.15, 0.2) is 283 Å². The van der Waals surface area contributed by atoms with Gasteiger partial charge in [0.15, 0.2) is 0 Å². The van der Waals surface area contributed by atoms with Gasteiger partial charge in [0.2, 0.25) is 0 Å². The molecule has 12 aromatic rings. The fourth-order valence-electron chi connectivity index (χ4n) is 13.5. The number of hydrogen-bond acceptors (Lipinski definition) is 3. The first-order valence-corrected chi connectivity index (χ1v) is 26.7. The van der Waals surface area contributed by atoms with Crippen LogP contribution < -0.4 is 9.64 Å². The van der Waals surface area contributed by atoms with Crippen LogP contribution in [0.4, 0.5) is 17.1 Å². The van der Waals surface area contributed by atoms with Gasteiger partial charge in [-0.05, 0) is 144 Å². The molecule has 0 saturated carbocycles. The SMILES string of the molecule is c1ccc(-c2ccc(-c3ccccc3N(c3ccc4c(c3)C3(c5ccccc5Oc5ccccc53)c3ccccc3-4)c3ccc4c(c3)C3(c5ccccc5Sc5cc6ccccc6cc53)c3ccccc3-4)cc2)cc1. The number of nitrogens with zero attached hydrogens (tertiary/aromatic N) is 1. The molecule has 16 rings (SSSR count). The molecule has 0 bridgehead atoms. The summed E-state index contributed by atoms with van der Waals surface area (Å²) in [7, 11) is 0. The van der Waals surface area contributed by atoms with Crippen molar-refractivity contribution in [2.24, 2.45) is 0 Å². The van der Waals surface area contributed by atoms with Crippen molar-refractivity contribution < 1.29 is 4.74 Å². The van der Waals surface area contributed by atoms with E-state index in [-0.39, 0.29) is 0 Å². The van der Waals surface area contributed by atoms with Gasteiger partial charge in [0.25, 0.3) is 0 Å². The van der Waals surface area contributed by atoms with Crippen LogP contribution in [-0.4, -0.2) is 0 Å². The summed E-state index contributed by atoms with van der Waals surface area (Å²) < 4.78 is 6.80. The second-order valence-corrected chi connectivity index (χ2v) is 21.3. The van der Waals surface area contributed by atoms with Crippen LogP contribution in [0.2, 0.25) is 0 Å². The Kier molecular flexibility index (Phi) is 9.14. The molecular weight excluding hydrogens is 927 g/mol. The summed E-state index contributed by atoms with van der Waals surface area (Å²) in [5.41, 5.74) is 21.8. The van der Waals surface area contributed by atoms with Crippen molar-refractivity contribution in [1.29, 1.82) is 0 Å². The van der Waals surface area contributed by atoms with Gasteiger partial charge in [-0.15, -0.1) is 0 Å². The fraction of sp³-hybridized carbons (Fsp3) is 0.0278. The van der Waals surface area contributed by atoms with Crippen LogP contribution in [0.5, 0.6) is 11.5 Å². The first-order valence-electron chi connectivity index (χ1n) is 25.9. The third kappa shape index (κ3) is 5.93. The summed E-state index contributed by atoms with van der Waals surface area (Å²) in [5.74, 6) is 1.76. The highest BCUT2D eigenvalue weighted by Crippen LogP contribution is 2.65. The number of anilines is 3.